The summed E-state index contributed by atoms with van der Waals surface area (Å²) in [4.78, 5) is 19.9. The standard InChI is InChI=1S/C13H17BrF2NO3P/c14-12-3-1-2-8-17(12)9-10-4-6-11(7-5-10)13(15,16)21(18,19)20/h4-7,12H,1-3,8-9H2,(H2,18,19,20). The van der Waals surface area contributed by atoms with E-state index in [0.717, 1.165) is 37.1 Å². The van der Waals surface area contributed by atoms with Crippen LogP contribution in [0.25, 0.3) is 0 Å². The summed E-state index contributed by atoms with van der Waals surface area (Å²) in [6.07, 6.45) is 3.32. The quantitative estimate of drug-likeness (QED) is 0.473. The largest absolute Gasteiger partial charge is 0.399 e. The molecule has 0 amide bonds. The van der Waals surface area contributed by atoms with Gasteiger partial charge in [-0.2, -0.15) is 8.78 Å². The fourth-order valence-electron chi connectivity index (χ4n) is 2.34. The number of benzene rings is 1. The van der Waals surface area contributed by atoms with Gasteiger partial charge in [0.2, 0.25) is 0 Å². The highest BCUT2D eigenvalue weighted by molar-refractivity contribution is 9.09. The lowest BCUT2D eigenvalue weighted by atomic mass is 10.1. The van der Waals surface area contributed by atoms with Crippen LogP contribution >= 0.6 is 23.5 Å². The smallest absolute Gasteiger partial charge is 0.320 e. The third-order valence-electron chi connectivity index (χ3n) is 3.59. The molecular formula is C13H17BrF2NO3P. The van der Waals surface area contributed by atoms with Crippen molar-refractivity contribution in [3.63, 3.8) is 0 Å². The highest BCUT2D eigenvalue weighted by Crippen LogP contribution is 2.59. The zero-order valence-corrected chi connectivity index (χ0v) is 13.7. The Hall–Kier alpha value is -0.330. The Kier molecular flexibility index (Phi) is 5.21. The number of alkyl halides is 3. The van der Waals surface area contributed by atoms with E-state index in [9.17, 15) is 13.3 Å². The molecule has 4 nitrogen and oxygen atoms in total. The predicted molar refractivity (Wildman–Crippen MR) is 79.4 cm³/mol. The summed E-state index contributed by atoms with van der Waals surface area (Å²) in [5.74, 6) is 0. The first-order chi connectivity index (χ1) is 9.72. The van der Waals surface area contributed by atoms with E-state index in [1.165, 1.54) is 18.6 Å². The Morgan fingerprint density at radius 2 is 1.90 bits per heavy atom. The Balaban J connectivity index is 2.10. The molecular weight excluding hydrogens is 367 g/mol. The van der Waals surface area contributed by atoms with Gasteiger partial charge in [-0.3, -0.25) is 9.46 Å². The summed E-state index contributed by atoms with van der Waals surface area (Å²) in [6, 6.07) is 5.16. The second-order valence-corrected chi connectivity index (χ2v) is 7.89. The lowest BCUT2D eigenvalue weighted by Crippen LogP contribution is -2.34. The van der Waals surface area contributed by atoms with Crippen LogP contribution in [0.2, 0.25) is 0 Å². The molecule has 1 fully saturated rings. The molecule has 8 heteroatoms. The van der Waals surface area contributed by atoms with Crippen molar-refractivity contribution in [1.29, 1.82) is 0 Å². The zero-order valence-electron chi connectivity index (χ0n) is 11.3. The average Bonchev–Trinajstić information content (AvgIpc) is 2.41. The van der Waals surface area contributed by atoms with Crippen LogP contribution in [0.5, 0.6) is 0 Å². The number of hydrogen-bond donors (Lipinski definition) is 2. The molecule has 1 unspecified atom stereocenters. The zero-order chi connectivity index (χ0) is 15.7. The molecule has 0 aliphatic carbocycles. The molecule has 1 aliphatic heterocycles. The highest BCUT2D eigenvalue weighted by Gasteiger charge is 2.50. The van der Waals surface area contributed by atoms with Gasteiger partial charge in [0.15, 0.2) is 0 Å². The summed E-state index contributed by atoms with van der Waals surface area (Å²) in [7, 11) is -5.50. The van der Waals surface area contributed by atoms with Crippen LogP contribution in [0.15, 0.2) is 24.3 Å². The van der Waals surface area contributed by atoms with Crippen molar-refractivity contribution in [3.8, 4) is 0 Å². The maximum Gasteiger partial charge on any atom is 0.399 e. The van der Waals surface area contributed by atoms with E-state index in [-0.39, 0.29) is 4.95 Å². The van der Waals surface area contributed by atoms with Gasteiger partial charge < -0.3 is 9.79 Å². The molecule has 1 atom stereocenters. The van der Waals surface area contributed by atoms with Crippen LogP contribution in [0, 0.1) is 0 Å². The first-order valence-corrected chi connectivity index (χ1v) is 9.15. The normalized spacial score (nSPS) is 21.5. The van der Waals surface area contributed by atoms with Crippen molar-refractivity contribution in [2.75, 3.05) is 6.54 Å². The second-order valence-electron chi connectivity index (χ2n) is 5.18. The first-order valence-electron chi connectivity index (χ1n) is 6.63. The monoisotopic (exact) mass is 383 g/mol. The second kappa shape index (κ2) is 6.42. The molecule has 1 aliphatic rings. The molecule has 118 valence electrons. The number of likely N-dealkylation sites (tertiary alicyclic amines) is 1. The fraction of sp³-hybridized carbons (Fsp3) is 0.538. The van der Waals surface area contributed by atoms with Crippen molar-refractivity contribution >= 4 is 23.5 Å². The lowest BCUT2D eigenvalue weighted by molar-refractivity contribution is 0.0564. The van der Waals surface area contributed by atoms with E-state index < -0.39 is 18.8 Å². The Labute approximate surface area is 130 Å². The van der Waals surface area contributed by atoms with Gasteiger partial charge in [0.05, 0.1) is 4.95 Å². The number of piperidine rings is 1. The maximum atomic E-state index is 13.5. The Bertz CT molecular complexity index is 535. The molecule has 1 aromatic rings. The van der Waals surface area contributed by atoms with Crippen LogP contribution in [0.4, 0.5) is 8.78 Å². The molecule has 1 aromatic carbocycles. The van der Waals surface area contributed by atoms with Gasteiger partial charge in [0.1, 0.15) is 0 Å². The van der Waals surface area contributed by atoms with E-state index in [1.54, 1.807) is 0 Å². The van der Waals surface area contributed by atoms with E-state index in [1.807, 2.05) is 0 Å². The van der Waals surface area contributed by atoms with Gasteiger partial charge in [-0.15, -0.1) is 0 Å². The van der Waals surface area contributed by atoms with Crippen molar-refractivity contribution < 1.29 is 23.1 Å². The molecule has 2 N–H and O–H groups in total. The lowest BCUT2D eigenvalue weighted by Gasteiger charge is -2.32. The van der Waals surface area contributed by atoms with Gasteiger partial charge >= 0.3 is 13.3 Å². The fourth-order valence-corrected chi connectivity index (χ4v) is 3.50. The topological polar surface area (TPSA) is 60.8 Å². The first kappa shape index (κ1) is 17.0. The molecule has 1 heterocycles. The number of halogens is 3. The van der Waals surface area contributed by atoms with E-state index in [4.69, 9.17) is 9.79 Å². The third kappa shape index (κ3) is 3.90. The molecule has 0 aromatic heterocycles. The average molecular weight is 384 g/mol. The Morgan fingerprint density at radius 1 is 1.29 bits per heavy atom. The predicted octanol–water partition coefficient (Wildman–Crippen LogP) is 3.62. The summed E-state index contributed by atoms with van der Waals surface area (Å²) in [5.41, 5.74) is -3.96. The summed E-state index contributed by atoms with van der Waals surface area (Å²) in [5, 5.41) is 0. The van der Waals surface area contributed by atoms with Gasteiger partial charge in [-0.05, 0) is 31.4 Å². The third-order valence-corrected chi connectivity index (χ3v) is 5.61. The van der Waals surface area contributed by atoms with E-state index >= 15 is 0 Å². The minimum absolute atomic E-state index is 0.280. The van der Waals surface area contributed by atoms with Gasteiger partial charge in [-0.25, -0.2) is 0 Å². The molecule has 0 bridgehead atoms. The van der Waals surface area contributed by atoms with E-state index in [0.29, 0.717) is 6.54 Å². The molecule has 0 spiro atoms. The molecule has 1 saturated heterocycles. The van der Waals surface area contributed by atoms with Crippen molar-refractivity contribution in [3.05, 3.63) is 35.4 Å². The van der Waals surface area contributed by atoms with Crippen molar-refractivity contribution in [1.82, 2.24) is 4.90 Å². The summed E-state index contributed by atoms with van der Waals surface area (Å²) < 4.78 is 37.9. The Morgan fingerprint density at radius 3 is 2.43 bits per heavy atom. The van der Waals surface area contributed by atoms with Crippen LogP contribution in [0.3, 0.4) is 0 Å². The maximum absolute atomic E-state index is 13.5. The highest BCUT2D eigenvalue weighted by atomic mass is 79.9. The minimum Gasteiger partial charge on any atom is -0.320 e. The summed E-state index contributed by atoms with van der Waals surface area (Å²) in [6.45, 7) is 1.56. The number of nitrogens with zero attached hydrogens (tertiary/aromatic N) is 1. The number of hydrogen-bond acceptors (Lipinski definition) is 2. The number of rotatable bonds is 4. The van der Waals surface area contributed by atoms with Crippen molar-refractivity contribution in [2.45, 2.75) is 36.4 Å². The van der Waals surface area contributed by atoms with Gasteiger partial charge in [0.25, 0.3) is 0 Å². The van der Waals surface area contributed by atoms with Gasteiger partial charge in [-0.1, -0.05) is 40.2 Å². The minimum atomic E-state index is -5.50. The molecule has 0 radical (unpaired) electrons. The van der Waals surface area contributed by atoms with Crippen molar-refractivity contribution in [2.24, 2.45) is 0 Å². The SMILES string of the molecule is O=P(O)(O)C(F)(F)c1ccc(CN2CCCCC2Br)cc1. The van der Waals surface area contributed by atoms with Gasteiger partial charge in [0, 0.05) is 12.1 Å². The van der Waals surface area contributed by atoms with Crippen LogP contribution in [-0.4, -0.2) is 26.2 Å². The van der Waals surface area contributed by atoms with E-state index in [2.05, 4.69) is 20.8 Å². The van der Waals surface area contributed by atoms with Crippen LogP contribution < -0.4 is 0 Å². The summed E-state index contributed by atoms with van der Waals surface area (Å²) >= 11 is 3.59. The molecule has 0 saturated carbocycles. The molecule has 2 rings (SSSR count). The molecule has 21 heavy (non-hydrogen) atoms. The van der Waals surface area contributed by atoms with Crippen LogP contribution in [0.1, 0.15) is 30.4 Å². The van der Waals surface area contributed by atoms with Crippen LogP contribution in [-0.2, 0) is 16.8 Å².